The van der Waals surface area contributed by atoms with Crippen molar-refractivity contribution >= 4 is 23.2 Å². The third-order valence-electron chi connectivity index (χ3n) is 9.79. The number of ether oxygens (including phenoxy) is 1. The Hall–Kier alpha value is -0.360. The lowest BCUT2D eigenvalue weighted by atomic mass is 9.74. The summed E-state index contributed by atoms with van der Waals surface area (Å²) in [5.41, 5.74) is 2.69. The molecule has 1 rings (SSSR count). The van der Waals surface area contributed by atoms with Crippen LogP contribution < -0.4 is 0 Å². The lowest BCUT2D eigenvalue weighted by Gasteiger charge is -2.46. The predicted molar refractivity (Wildman–Crippen MR) is 206 cm³/mol. The quantitative estimate of drug-likeness (QED) is 0.105. The molecule has 1 saturated heterocycles. The highest BCUT2D eigenvalue weighted by Crippen LogP contribution is 2.41. The first-order valence-electron chi connectivity index (χ1n) is 17.7. The van der Waals surface area contributed by atoms with Crippen molar-refractivity contribution in [3.8, 4) is 0 Å². The van der Waals surface area contributed by atoms with Gasteiger partial charge in [-0.05, 0) is 116 Å². The van der Waals surface area contributed by atoms with Crippen LogP contribution in [0.2, 0.25) is 0 Å². The zero-order chi connectivity index (χ0) is 36.7. The fourth-order valence-corrected chi connectivity index (χ4v) is 5.39. The highest BCUT2D eigenvalue weighted by molar-refractivity contribution is 6.21. The molecule has 4 nitrogen and oxygen atoms in total. The standard InChI is InChI=1S/C10H18Cl2O.3C10H20O/c1-8-4-10(5-11,6-12)7-13-9(8,2)3;1-8(2)10(4)9(3)6-5-7-11;1-8(2)9(3)6-5-7-10(4)11;1-5-10(3,4)8-6-7-9(2)11/h8H,4-7H2,1-3H3;2*9-11H,1,5-7H2,2-4H3;5,9,11H,1,6-8H2,2-4H3. The molecule has 1 heterocycles. The Balaban J connectivity index is -0.000000538. The molecule has 1 aliphatic heterocycles. The van der Waals surface area contributed by atoms with Crippen LogP contribution in [0, 0.1) is 34.5 Å². The molecule has 0 bridgehead atoms. The average Bonchev–Trinajstić information content (AvgIpc) is 2.97. The summed E-state index contributed by atoms with van der Waals surface area (Å²) in [6, 6.07) is 0. The number of alkyl halides is 2. The maximum atomic E-state index is 9.00. The molecule has 0 spiro atoms. The van der Waals surface area contributed by atoms with E-state index in [1.165, 1.54) is 11.1 Å². The van der Waals surface area contributed by atoms with Gasteiger partial charge < -0.3 is 20.1 Å². The van der Waals surface area contributed by atoms with Gasteiger partial charge in [0.1, 0.15) is 0 Å². The summed E-state index contributed by atoms with van der Waals surface area (Å²) in [4.78, 5) is 0. The van der Waals surface area contributed by atoms with Gasteiger partial charge in [-0.2, -0.15) is 0 Å². The van der Waals surface area contributed by atoms with Crippen molar-refractivity contribution < 1.29 is 20.1 Å². The minimum atomic E-state index is -0.157. The van der Waals surface area contributed by atoms with Gasteiger partial charge in [-0.1, -0.05) is 84.8 Å². The largest absolute Gasteiger partial charge is 0.396 e. The van der Waals surface area contributed by atoms with Crippen LogP contribution in [-0.2, 0) is 4.74 Å². The molecule has 0 aromatic carbocycles. The van der Waals surface area contributed by atoms with Crippen LogP contribution in [0.3, 0.4) is 0 Å². The smallest absolute Gasteiger partial charge is 0.0652 e. The number of hydrogen-bond acceptors (Lipinski definition) is 4. The minimum Gasteiger partial charge on any atom is -0.396 e. The predicted octanol–water partition coefficient (Wildman–Crippen LogP) is 11.4. The van der Waals surface area contributed by atoms with Gasteiger partial charge in [0.15, 0.2) is 0 Å². The number of aliphatic hydroxyl groups is 3. The molecule has 6 atom stereocenters. The average molecular weight is 694 g/mol. The number of halogens is 2. The van der Waals surface area contributed by atoms with Gasteiger partial charge in [0.25, 0.3) is 0 Å². The molecule has 0 aromatic rings. The highest BCUT2D eigenvalue weighted by Gasteiger charge is 2.42. The lowest BCUT2D eigenvalue weighted by molar-refractivity contribution is -0.134. The monoisotopic (exact) mass is 693 g/mol. The minimum absolute atomic E-state index is 0.00194. The second-order valence-electron chi connectivity index (χ2n) is 15.7. The summed E-state index contributed by atoms with van der Waals surface area (Å²) in [6.45, 7) is 37.8. The third-order valence-corrected chi connectivity index (χ3v) is 10.9. The van der Waals surface area contributed by atoms with Crippen molar-refractivity contribution in [1.82, 2.24) is 0 Å². The van der Waals surface area contributed by atoms with E-state index < -0.39 is 0 Å². The van der Waals surface area contributed by atoms with Gasteiger partial charge in [-0.15, -0.1) is 29.8 Å². The van der Waals surface area contributed by atoms with Crippen LogP contribution in [0.5, 0.6) is 0 Å². The zero-order valence-corrected chi connectivity index (χ0v) is 33.9. The molecule has 1 fully saturated rings. The Bertz CT molecular complexity index is 786. The number of allylic oxidation sites excluding steroid dienone is 3. The first kappa shape index (κ1) is 50.0. The summed E-state index contributed by atoms with van der Waals surface area (Å²) in [5.74, 6) is 3.54. The van der Waals surface area contributed by atoms with E-state index in [9.17, 15) is 0 Å². The van der Waals surface area contributed by atoms with Crippen molar-refractivity contribution in [1.29, 1.82) is 0 Å². The molecule has 0 saturated carbocycles. The van der Waals surface area contributed by atoms with Crippen molar-refractivity contribution in [3.63, 3.8) is 0 Å². The first-order chi connectivity index (χ1) is 21.1. The fraction of sp³-hybridized carbons (Fsp3) is 0.850. The van der Waals surface area contributed by atoms with Crippen molar-refractivity contribution in [2.45, 2.75) is 159 Å². The second kappa shape index (κ2) is 26.5. The SMILES string of the molecule is C=C(C)C(C)C(C)CCCO.C=C(C)C(C)CCCC(C)O.C=CC(C)(C)CCCC(C)O.CC1CC(CCl)(CCl)COC1(C)C. The molecule has 0 amide bonds. The molecule has 3 N–H and O–H groups in total. The molecule has 0 aromatic heterocycles. The Labute approximate surface area is 297 Å². The van der Waals surface area contributed by atoms with Gasteiger partial charge in [-0.3, -0.25) is 0 Å². The molecule has 0 radical (unpaired) electrons. The van der Waals surface area contributed by atoms with Crippen molar-refractivity contribution in [2.24, 2.45) is 34.5 Å². The molecule has 0 aliphatic carbocycles. The first-order valence-corrected chi connectivity index (χ1v) is 18.8. The summed E-state index contributed by atoms with van der Waals surface area (Å²) < 4.78 is 5.81. The van der Waals surface area contributed by atoms with Crippen LogP contribution in [0.15, 0.2) is 37.0 Å². The van der Waals surface area contributed by atoms with Crippen LogP contribution >= 0.6 is 23.2 Å². The molecule has 46 heavy (non-hydrogen) atoms. The maximum Gasteiger partial charge on any atom is 0.0652 e. The van der Waals surface area contributed by atoms with E-state index in [2.05, 4.69) is 89.0 Å². The Morgan fingerprint density at radius 1 is 0.891 bits per heavy atom. The number of hydrogen-bond donors (Lipinski definition) is 3. The summed E-state index contributed by atoms with van der Waals surface area (Å²) in [6.07, 6.45) is 11.0. The topological polar surface area (TPSA) is 69.9 Å². The Morgan fingerprint density at radius 2 is 1.39 bits per heavy atom. The van der Waals surface area contributed by atoms with E-state index in [0.717, 1.165) is 57.8 Å². The maximum absolute atomic E-state index is 9.00. The van der Waals surface area contributed by atoms with E-state index in [0.29, 0.717) is 48.6 Å². The van der Waals surface area contributed by atoms with Crippen molar-refractivity contribution in [2.75, 3.05) is 25.0 Å². The summed E-state index contributed by atoms with van der Waals surface area (Å²) >= 11 is 11.9. The molecule has 1 aliphatic rings. The Morgan fingerprint density at radius 3 is 1.76 bits per heavy atom. The normalized spacial score (nSPS) is 20.1. The highest BCUT2D eigenvalue weighted by atomic mass is 35.5. The van der Waals surface area contributed by atoms with Crippen LogP contribution in [0.1, 0.15) is 141 Å². The molecular formula is C40H78Cl2O4. The lowest BCUT2D eigenvalue weighted by Crippen LogP contribution is -2.48. The van der Waals surface area contributed by atoms with Gasteiger partial charge in [0.05, 0.1) is 24.4 Å². The van der Waals surface area contributed by atoms with Gasteiger partial charge in [0, 0.05) is 23.8 Å². The second-order valence-corrected chi connectivity index (χ2v) is 16.2. The van der Waals surface area contributed by atoms with Gasteiger partial charge >= 0.3 is 0 Å². The van der Waals surface area contributed by atoms with Crippen LogP contribution in [0.4, 0.5) is 0 Å². The van der Waals surface area contributed by atoms with E-state index in [1.807, 2.05) is 19.9 Å². The van der Waals surface area contributed by atoms with E-state index >= 15 is 0 Å². The summed E-state index contributed by atoms with van der Waals surface area (Å²) in [7, 11) is 0. The van der Waals surface area contributed by atoms with E-state index in [4.69, 9.17) is 43.3 Å². The summed E-state index contributed by atoms with van der Waals surface area (Å²) in [5, 5.41) is 26.6. The van der Waals surface area contributed by atoms with Gasteiger partial charge in [0.2, 0.25) is 0 Å². The van der Waals surface area contributed by atoms with Crippen molar-refractivity contribution in [3.05, 3.63) is 37.0 Å². The van der Waals surface area contributed by atoms with Crippen LogP contribution in [0.25, 0.3) is 0 Å². The zero-order valence-electron chi connectivity index (χ0n) is 32.4. The van der Waals surface area contributed by atoms with E-state index in [-0.39, 0.29) is 28.6 Å². The van der Waals surface area contributed by atoms with Crippen LogP contribution in [-0.4, -0.2) is 58.1 Å². The third kappa shape index (κ3) is 25.6. The molecule has 276 valence electrons. The number of rotatable bonds is 17. The van der Waals surface area contributed by atoms with Gasteiger partial charge in [-0.25, -0.2) is 0 Å². The fourth-order valence-electron chi connectivity index (χ4n) is 4.73. The Kier molecular flexibility index (Phi) is 28.8. The molecular weight excluding hydrogens is 615 g/mol. The number of aliphatic hydroxyl groups excluding tert-OH is 3. The molecule has 6 heteroatoms. The molecule has 6 unspecified atom stereocenters. The van der Waals surface area contributed by atoms with E-state index in [1.54, 1.807) is 0 Å².